The average Bonchev–Trinajstić information content (AvgIpc) is 3.22. The zero-order chi connectivity index (χ0) is 27.3. The number of hydrogen-bond donors (Lipinski definition) is 2. The third-order valence-electron chi connectivity index (χ3n) is 7.44. The van der Waals surface area contributed by atoms with Crippen molar-refractivity contribution in [3.05, 3.63) is 34.9 Å². The summed E-state index contributed by atoms with van der Waals surface area (Å²) in [5.74, 6) is -0.0623. The van der Waals surface area contributed by atoms with Crippen LogP contribution >= 0.6 is 0 Å². The minimum atomic E-state index is -6.18. The number of rotatable bonds is 3. The second-order valence-corrected chi connectivity index (χ2v) is 11.3. The maximum atomic E-state index is 14.5. The summed E-state index contributed by atoms with van der Waals surface area (Å²) in [6.07, 6.45) is -11.2. The van der Waals surface area contributed by atoms with Crippen molar-refractivity contribution in [3.63, 3.8) is 0 Å². The summed E-state index contributed by atoms with van der Waals surface area (Å²) in [5, 5.41) is 5.60. The Labute approximate surface area is 210 Å². The fourth-order valence-electron chi connectivity index (χ4n) is 5.69. The molecule has 5 atom stereocenters. The molecule has 3 aliphatic rings. The van der Waals surface area contributed by atoms with Gasteiger partial charge in [0.1, 0.15) is 0 Å². The Hall–Kier alpha value is -2.38. The molecule has 1 aromatic rings. The molecule has 0 bridgehead atoms. The maximum Gasteiger partial charge on any atom is 0.435 e. The normalized spacial score (nSPS) is 28.3. The molecule has 6 nitrogen and oxygen atoms in total. The van der Waals surface area contributed by atoms with Crippen LogP contribution in [-0.4, -0.2) is 69.6 Å². The largest absolute Gasteiger partial charge is 0.435 e. The van der Waals surface area contributed by atoms with Gasteiger partial charge in [0, 0.05) is 53.3 Å². The van der Waals surface area contributed by atoms with Crippen molar-refractivity contribution in [2.24, 2.45) is 0 Å². The number of amides is 3. The predicted molar refractivity (Wildman–Crippen MR) is 120 cm³/mol. The number of halogens is 7. The van der Waals surface area contributed by atoms with Gasteiger partial charge in [0.15, 0.2) is 0 Å². The Morgan fingerprint density at radius 3 is 2.27 bits per heavy atom. The lowest BCUT2D eigenvalue weighted by atomic mass is 9.77. The Kier molecular flexibility index (Phi) is 7.27. The Morgan fingerprint density at radius 1 is 0.973 bits per heavy atom. The van der Waals surface area contributed by atoms with E-state index in [0.29, 0.717) is 42.8 Å². The van der Waals surface area contributed by atoms with Crippen LogP contribution in [0.4, 0.5) is 35.5 Å². The van der Waals surface area contributed by atoms with E-state index in [2.05, 4.69) is 10.6 Å². The van der Waals surface area contributed by atoms with Crippen LogP contribution in [0.25, 0.3) is 0 Å². The Morgan fingerprint density at radius 2 is 1.65 bits per heavy atom. The van der Waals surface area contributed by atoms with E-state index in [4.69, 9.17) is 0 Å². The summed E-state index contributed by atoms with van der Waals surface area (Å²) < 4.78 is 106. The number of likely N-dealkylation sites (tertiary alicyclic amines) is 1. The standard InChI is InChI=1S/C23H26F7N3O3S/c1-12(34)31-18-11-37(36)9-7-17(18)32-20(35)33-8-6-16-15-4-3-14(10-13(15)2-5-19(16)33)21(24,22(25,26)27)23(28,29)30/h3-4,10,16-19H,2,5-9,11H2,1H3,(H,31,34)(H,32,35)/t16-,17?,18?,19?,37?/m0/s1. The summed E-state index contributed by atoms with van der Waals surface area (Å²) in [4.78, 5) is 26.2. The molecule has 1 aliphatic carbocycles. The van der Waals surface area contributed by atoms with Gasteiger partial charge in [-0.25, -0.2) is 9.18 Å². The van der Waals surface area contributed by atoms with Crippen molar-refractivity contribution in [2.45, 2.75) is 74.7 Å². The first-order valence-electron chi connectivity index (χ1n) is 11.8. The second-order valence-electron chi connectivity index (χ2n) is 9.72. The van der Waals surface area contributed by atoms with E-state index in [1.807, 2.05) is 0 Å². The summed E-state index contributed by atoms with van der Waals surface area (Å²) in [5.41, 5.74) is -6.28. The predicted octanol–water partition coefficient (Wildman–Crippen LogP) is 3.82. The number of fused-ring (bicyclic) bond motifs is 3. The highest BCUT2D eigenvalue weighted by molar-refractivity contribution is 7.85. The van der Waals surface area contributed by atoms with Crippen molar-refractivity contribution in [2.75, 3.05) is 18.1 Å². The van der Waals surface area contributed by atoms with Crippen molar-refractivity contribution < 1.29 is 44.5 Å². The number of urea groups is 1. The summed E-state index contributed by atoms with van der Waals surface area (Å²) >= 11 is 0. The zero-order valence-electron chi connectivity index (χ0n) is 19.7. The van der Waals surface area contributed by atoms with Crippen molar-refractivity contribution >= 4 is 22.7 Å². The molecule has 37 heavy (non-hydrogen) atoms. The molecular formula is C23H26F7N3O3S. The smallest absolute Gasteiger partial charge is 0.351 e. The highest BCUT2D eigenvalue weighted by atomic mass is 32.2. The second kappa shape index (κ2) is 9.73. The van der Waals surface area contributed by atoms with E-state index < -0.39 is 52.5 Å². The van der Waals surface area contributed by atoms with Crippen LogP contribution in [0.1, 0.15) is 48.8 Å². The van der Waals surface area contributed by atoms with Gasteiger partial charge in [0.25, 0.3) is 0 Å². The molecule has 2 aliphatic heterocycles. The molecule has 0 radical (unpaired) electrons. The van der Waals surface area contributed by atoms with Crippen LogP contribution in [0.15, 0.2) is 18.2 Å². The van der Waals surface area contributed by atoms with E-state index in [1.165, 1.54) is 6.92 Å². The minimum Gasteiger partial charge on any atom is -0.351 e. The maximum absolute atomic E-state index is 14.5. The minimum absolute atomic E-state index is 0.0802. The number of carbonyl (C=O) groups excluding carboxylic acids is 2. The highest BCUT2D eigenvalue weighted by Crippen LogP contribution is 2.54. The van der Waals surface area contributed by atoms with Gasteiger partial charge >= 0.3 is 24.1 Å². The number of nitrogens with zero attached hydrogens (tertiary/aromatic N) is 1. The quantitative estimate of drug-likeness (QED) is 0.555. The van der Waals surface area contributed by atoms with Gasteiger partial charge in [0.2, 0.25) is 5.91 Å². The molecule has 3 amide bonds. The average molecular weight is 558 g/mol. The van der Waals surface area contributed by atoms with Gasteiger partial charge in [0.05, 0.1) is 12.1 Å². The number of aryl methyl sites for hydroxylation is 1. The number of hydrogen-bond acceptors (Lipinski definition) is 3. The van der Waals surface area contributed by atoms with Crippen molar-refractivity contribution in [1.29, 1.82) is 0 Å². The van der Waals surface area contributed by atoms with Gasteiger partial charge in [-0.1, -0.05) is 18.2 Å². The van der Waals surface area contributed by atoms with E-state index in [-0.39, 0.29) is 42.0 Å². The van der Waals surface area contributed by atoms with E-state index in [0.717, 1.165) is 6.07 Å². The van der Waals surface area contributed by atoms with Crippen molar-refractivity contribution in [3.8, 4) is 0 Å². The molecule has 14 heteroatoms. The number of nitrogens with one attached hydrogen (secondary N) is 2. The molecule has 2 heterocycles. The van der Waals surface area contributed by atoms with Crippen LogP contribution in [0.5, 0.6) is 0 Å². The molecular weight excluding hydrogens is 531 g/mol. The molecule has 206 valence electrons. The lowest BCUT2D eigenvalue weighted by Gasteiger charge is -2.37. The summed E-state index contributed by atoms with van der Waals surface area (Å²) in [7, 11) is -1.12. The Balaban J connectivity index is 1.52. The summed E-state index contributed by atoms with van der Waals surface area (Å²) in [6.45, 7) is 1.63. The van der Waals surface area contributed by atoms with Gasteiger partial charge in [-0.15, -0.1) is 0 Å². The molecule has 1 aromatic carbocycles. The van der Waals surface area contributed by atoms with E-state index in [1.54, 1.807) is 4.90 Å². The van der Waals surface area contributed by atoms with Gasteiger partial charge in [-0.3, -0.25) is 9.00 Å². The lowest BCUT2D eigenvalue weighted by Crippen LogP contribution is -2.59. The zero-order valence-corrected chi connectivity index (χ0v) is 20.5. The topological polar surface area (TPSA) is 78.5 Å². The highest BCUT2D eigenvalue weighted by Gasteiger charge is 2.73. The summed E-state index contributed by atoms with van der Waals surface area (Å²) in [6, 6.07) is 0.615. The van der Waals surface area contributed by atoms with Crippen LogP contribution < -0.4 is 10.6 Å². The van der Waals surface area contributed by atoms with Crippen LogP contribution in [0.2, 0.25) is 0 Å². The molecule has 2 N–H and O–H groups in total. The van der Waals surface area contributed by atoms with E-state index in [9.17, 15) is 44.5 Å². The van der Waals surface area contributed by atoms with Crippen LogP contribution in [-0.2, 0) is 27.7 Å². The molecule has 2 saturated heterocycles. The van der Waals surface area contributed by atoms with Crippen molar-refractivity contribution in [1.82, 2.24) is 15.5 Å². The third kappa shape index (κ3) is 5.05. The third-order valence-corrected chi connectivity index (χ3v) is 8.86. The molecule has 0 aromatic heterocycles. The first-order chi connectivity index (χ1) is 17.1. The SMILES string of the molecule is CC(=O)NC1CS(=O)CCC1NC(=O)N1CC[C@H]2c3ccc(C(F)(C(F)(F)F)C(F)(F)F)cc3CCC21. The first-order valence-corrected chi connectivity index (χ1v) is 13.3. The van der Waals surface area contributed by atoms with Crippen LogP contribution in [0, 0.1) is 0 Å². The molecule has 2 fully saturated rings. The molecule has 4 unspecified atom stereocenters. The van der Waals surface area contributed by atoms with E-state index >= 15 is 0 Å². The Bertz CT molecular complexity index is 1080. The number of alkyl halides is 7. The van der Waals surface area contributed by atoms with Gasteiger partial charge < -0.3 is 15.5 Å². The first kappa shape index (κ1) is 27.6. The molecule has 4 rings (SSSR count). The fourth-order valence-corrected chi connectivity index (χ4v) is 7.09. The van der Waals surface area contributed by atoms with Gasteiger partial charge in [-0.05, 0) is 36.8 Å². The molecule has 0 saturated carbocycles. The fraction of sp³-hybridized carbons (Fsp3) is 0.652. The molecule has 0 spiro atoms. The number of benzene rings is 1. The lowest BCUT2D eigenvalue weighted by molar-refractivity contribution is -0.348. The number of carbonyl (C=O) groups is 2. The van der Waals surface area contributed by atoms with Gasteiger partial charge in [-0.2, -0.15) is 26.3 Å². The van der Waals surface area contributed by atoms with Crippen LogP contribution in [0.3, 0.4) is 0 Å². The monoisotopic (exact) mass is 557 g/mol.